The second kappa shape index (κ2) is 12.8. The van der Waals surface area contributed by atoms with Crippen molar-refractivity contribution < 1.29 is 15.0 Å². The van der Waals surface area contributed by atoms with Gasteiger partial charge in [-0.15, -0.1) is 0 Å². The molecular formula is C34H59NO3. The number of amides is 1. The molecule has 3 saturated carbocycles. The third-order valence-electron chi connectivity index (χ3n) is 12.3. The molecule has 4 aliphatic rings. The predicted octanol–water partition coefficient (Wildman–Crippen LogP) is 7.43. The minimum Gasteiger partial charge on any atom is -0.393 e. The van der Waals surface area contributed by atoms with Crippen LogP contribution in [0.1, 0.15) is 131 Å². The number of hydrogen-bond donors (Lipinski definition) is 3. The highest BCUT2D eigenvalue weighted by atomic mass is 16.3. The molecule has 218 valence electrons. The van der Waals surface area contributed by atoms with E-state index in [-0.39, 0.29) is 17.9 Å². The minimum absolute atomic E-state index is 0.0122. The molecule has 4 nitrogen and oxygen atoms in total. The average Bonchev–Trinajstić information content (AvgIpc) is 3.25. The van der Waals surface area contributed by atoms with E-state index in [9.17, 15) is 15.0 Å². The van der Waals surface area contributed by atoms with E-state index in [0.29, 0.717) is 23.3 Å². The minimum atomic E-state index is -0.883. The fourth-order valence-corrected chi connectivity index (χ4v) is 9.86. The molecule has 3 N–H and O–H groups in total. The summed E-state index contributed by atoms with van der Waals surface area (Å²) in [6.45, 7) is 12.6. The first-order valence-corrected chi connectivity index (χ1v) is 16.4. The molecule has 0 aliphatic heterocycles. The van der Waals surface area contributed by atoms with Gasteiger partial charge in [0.2, 0.25) is 5.91 Å². The van der Waals surface area contributed by atoms with Crippen LogP contribution in [0.5, 0.6) is 0 Å². The van der Waals surface area contributed by atoms with Gasteiger partial charge in [0.1, 0.15) is 6.10 Å². The summed E-state index contributed by atoms with van der Waals surface area (Å²) in [6, 6.07) is 0. The van der Waals surface area contributed by atoms with Crippen LogP contribution in [0.2, 0.25) is 0 Å². The van der Waals surface area contributed by atoms with E-state index >= 15 is 0 Å². The van der Waals surface area contributed by atoms with E-state index in [1.165, 1.54) is 57.8 Å². The molecule has 3 fully saturated rings. The topological polar surface area (TPSA) is 69.6 Å². The van der Waals surface area contributed by atoms with Crippen LogP contribution in [0.4, 0.5) is 0 Å². The van der Waals surface area contributed by atoms with Crippen molar-refractivity contribution in [3.05, 3.63) is 11.6 Å². The van der Waals surface area contributed by atoms with Crippen molar-refractivity contribution in [1.82, 2.24) is 5.32 Å². The summed E-state index contributed by atoms with van der Waals surface area (Å²) in [5.74, 6) is 3.80. The molecule has 1 amide bonds. The molecule has 0 bridgehead atoms. The second-order valence-corrected chi connectivity index (χ2v) is 14.6. The first-order valence-electron chi connectivity index (χ1n) is 16.4. The lowest BCUT2D eigenvalue weighted by molar-refractivity contribution is -0.131. The van der Waals surface area contributed by atoms with Crippen molar-refractivity contribution in [1.29, 1.82) is 0 Å². The summed E-state index contributed by atoms with van der Waals surface area (Å²) in [5.41, 5.74) is 2.36. The number of carbonyl (C=O) groups excluding carboxylic acids is 1. The Kier molecular flexibility index (Phi) is 10.1. The van der Waals surface area contributed by atoms with E-state index in [0.717, 1.165) is 62.2 Å². The summed E-state index contributed by atoms with van der Waals surface area (Å²) in [7, 11) is 0. The molecule has 4 rings (SSSR count). The van der Waals surface area contributed by atoms with Crippen molar-refractivity contribution in [2.24, 2.45) is 46.3 Å². The van der Waals surface area contributed by atoms with Crippen LogP contribution >= 0.6 is 0 Å². The van der Waals surface area contributed by atoms with Gasteiger partial charge in [0.05, 0.1) is 6.10 Å². The van der Waals surface area contributed by atoms with Crippen LogP contribution in [-0.4, -0.2) is 34.9 Å². The highest BCUT2D eigenvalue weighted by molar-refractivity contribution is 5.80. The number of allylic oxidation sites excluding steroid dienone is 1. The van der Waals surface area contributed by atoms with Crippen molar-refractivity contribution in [2.45, 2.75) is 143 Å². The quantitative estimate of drug-likeness (QED) is 0.182. The van der Waals surface area contributed by atoms with Gasteiger partial charge >= 0.3 is 0 Å². The Morgan fingerprint density at radius 1 is 1.03 bits per heavy atom. The molecule has 0 saturated heterocycles. The van der Waals surface area contributed by atoms with E-state index in [1.54, 1.807) is 5.57 Å². The zero-order chi connectivity index (χ0) is 27.5. The molecule has 0 aromatic rings. The number of fused-ring (bicyclic) bond motifs is 5. The van der Waals surface area contributed by atoms with E-state index in [2.05, 4.69) is 39.1 Å². The van der Waals surface area contributed by atoms with E-state index < -0.39 is 6.10 Å². The lowest BCUT2D eigenvalue weighted by Crippen LogP contribution is -2.50. The predicted molar refractivity (Wildman–Crippen MR) is 157 cm³/mol. The van der Waals surface area contributed by atoms with Crippen LogP contribution in [0.25, 0.3) is 0 Å². The van der Waals surface area contributed by atoms with Gasteiger partial charge in [-0.3, -0.25) is 4.79 Å². The molecule has 0 radical (unpaired) electrons. The SMILES string of the molecule is CCCCCCNC(=O)C(O)C(C)CCC[C@@H](C)[C@H]1CC[C@H]2[C@@H]3CC=C4C[C@@H](O)CC[C@]4(C)[C@H]3CC[C@]12C. The molecule has 0 aromatic carbocycles. The smallest absolute Gasteiger partial charge is 0.249 e. The third-order valence-corrected chi connectivity index (χ3v) is 12.3. The number of hydrogen-bond acceptors (Lipinski definition) is 3. The van der Waals surface area contributed by atoms with Crippen molar-refractivity contribution in [3.8, 4) is 0 Å². The van der Waals surface area contributed by atoms with Gasteiger partial charge in [-0.1, -0.05) is 78.4 Å². The zero-order valence-corrected chi connectivity index (χ0v) is 25.3. The largest absolute Gasteiger partial charge is 0.393 e. The van der Waals surface area contributed by atoms with Gasteiger partial charge in [-0.05, 0) is 111 Å². The third kappa shape index (κ3) is 6.07. The Labute approximate surface area is 233 Å². The number of aliphatic hydroxyl groups is 2. The summed E-state index contributed by atoms with van der Waals surface area (Å²) >= 11 is 0. The number of carbonyl (C=O) groups is 1. The maximum atomic E-state index is 12.4. The molecular weight excluding hydrogens is 470 g/mol. The number of rotatable bonds is 12. The fourth-order valence-electron chi connectivity index (χ4n) is 9.86. The summed E-state index contributed by atoms with van der Waals surface area (Å²) in [6.07, 6.45) is 19.1. The average molecular weight is 530 g/mol. The molecule has 2 unspecified atom stereocenters. The summed E-state index contributed by atoms with van der Waals surface area (Å²) in [5, 5.41) is 23.8. The summed E-state index contributed by atoms with van der Waals surface area (Å²) in [4.78, 5) is 12.4. The van der Waals surface area contributed by atoms with Gasteiger partial charge in [0.25, 0.3) is 0 Å². The van der Waals surface area contributed by atoms with Crippen molar-refractivity contribution >= 4 is 5.91 Å². The monoisotopic (exact) mass is 529 g/mol. The molecule has 0 heterocycles. The Morgan fingerprint density at radius 3 is 2.58 bits per heavy atom. The van der Waals surface area contributed by atoms with Crippen LogP contribution in [0, 0.1) is 46.3 Å². The maximum absolute atomic E-state index is 12.4. The Balaban J connectivity index is 1.26. The highest BCUT2D eigenvalue weighted by Crippen LogP contribution is 2.67. The van der Waals surface area contributed by atoms with Gasteiger partial charge in [-0.25, -0.2) is 0 Å². The maximum Gasteiger partial charge on any atom is 0.249 e. The standard InChI is InChI=1S/C34H59NO3/c1-6-7-8-9-21-35-32(38)31(37)24(3)12-10-11-23(2)28-15-16-29-27-14-13-25-22-26(36)17-19-33(25,4)30(27)18-20-34(28,29)5/h13,23-24,26-31,36-37H,6-12,14-22H2,1-5H3,(H,35,38)/t23-,24?,26+,27+,28-,29+,30+,31?,33+,34-/m1/s1. The Bertz CT molecular complexity index is 825. The van der Waals surface area contributed by atoms with Crippen LogP contribution in [-0.2, 0) is 4.79 Å². The second-order valence-electron chi connectivity index (χ2n) is 14.6. The molecule has 4 heteroatoms. The fraction of sp³-hybridized carbons (Fsp3) is 0.912. The Hall–Kier alpha value is -0.870. The lowest BCUT2D eigenvalue weighted by atomic mass is 9.47. The van der Waals surface area contributed by atoms with Crippen LogP contribution in [0.3, 0.4) is 0 Å². The van der Waals surface area contributed by atoms with Gasteiger partial charge in [0.15, 0.2) is 0 Å². The van der Waals surface area contributed by atoms with Crippen molar-refractivity contribution in [2.75, 3.05) is 6.54 Å². The van der Waals surface area contributed by atoms with Gasteiger partial charge < -0.3 is 15.5 Å². The van der Waals surface area contributed by atoms with Gasteiger partial charge in [0, 0.05) is 6.54 Å². The Morgan fingerprint density at radius 2 is 1.82 bits per heavy atom. The molecule has 38 heavy (non-hydrogen) atoms. The highest BCUT2D eigenvalue weighted by Gasteiger charge is 2.59. The number of unbranched alkanes of at least 4 members (excludes halogenated alkanes) is 3. The van der Waals surface area contributed by atoms with Crippen molar-refractivity contribution in [3.63, 3.8) is 0 Å². The lowest BCUT2D eigenvalue weighted by Gasteiger charge is -2.58. The number of aliphatic hydroxyl groups excluding tert-OH is 2. The normalized spacial score (nSPS) is 38.8. The van der Waals surface area contributed by atoms with E-state index in [4.69, 9.17) is 0 Å². The summed E-state index contributed by atoms with van der Waals surface area (Å²) < 4.78 is 0. The number of nitrogens with one attached hydrogen (secondary N) is 1. The first kappa shape index (κ1) is 30.1. The van der Waals surface area contributed by atoms with E-state index in [1.807, 2.05) is 6.92 Å². The molecule has 0 aromatic heterocycles. The van der Waals surface area contributed by atoms with Crippen LogP contribution < -0.4 is 5.32 Å². The first-order chi connectivity index (χ1) is 18.1. The van der Waals surface area contributed by atoms with Gasteiger partial charge in [-0.2, -0.15) is 0 Å². The molecule has 4 aliphatic carbocycles. The molecule has 0 spiro atoms. The zero-order valence-electron chi connectivity index (χ0n) is 25.3. The van der Waals surface area contributed by atoms with Crippen LogP contribution in [0.15, 0.2) is 11.6 Å². The molecule has 10 atom stereocenters.